The average molecular weight is 159 g/mol. The third kappa shape index (κ3) is 1.18. The molecule has 0 bridgehead atoms. The van der Waals surface area contributed by atoms with E-state index in [1.54, 1.807) is 0 Å². The van der Waals surface area contributed by atoms with Gasteiger partial charge in [-0.1, -0.05) is 16.6 Å². The van der Waals surface area contributed by atoms with Gasteiger partial charge in [0.25, 0.3) is 0 Å². The molecule has 0 N–H and O–H groups in total. The summed E-state index contributed by atoms with van der Waals surface area (Å²) >= 11 is 0. The van der Waals surface area contributed by atoms with Crippen molar-refractivity contribution in [3.8, 4) is 0 Å². The van der Waals surface area contributed by atoms with Crippen molar-refractivity contribution < 1.29 is 1.37 Å². The molecule has 0 fully saturated rings. The summed E-state index contributed by atoms with van der Waals surface area (Å²) in [4.78, 5) is 0. The summed E-state index contributed by atoms with van der Waals surface area (Å²) in [7, 11) is 5.94. The van der Waals surface area contributed by atoms with Crippen LogP contribution in [-0.2, 0) is 0 Å². The zero-order chi connectivity index (χ0) is 10.2. The lowest BCUT2D eigenvalue weighted by molar-refractivity contribution is 1.20. The summed E-state index contributed by atoms with van der Waals surface area (Å²) in [6, 6.07) is 0. The van der Waals surface area contributed by atoms with Crippen molar-refractivity contribution in [2.24, 2.45) is 0 Å². The zero-order valence-electron chi connectivity index (χ0n) is 9.28. The van der Waals surface area contributed by atoms with Crippen molar-refractivity contribution in [3.63, 3.8) is 0 Å². The van der Waals surface area contributed by atoms with Gasteiger partial charge in [0.05, 0.1) is 0 Å². The van der Waals surface area contributed by atoms with Crippen LogP contribution < -0.4 is 5.46 Å². The molecule has 1 heteroatoms. The van der Waals surface area contributed by atoms with E-state index in [-0.39, 0.29) is 6.90 Å². The summed E-state index contributed by atoms with van der Waals surface area (Å²) in [5.41, 5.74) is 6.62. The molecular formula is C11H15B. The van der Waals surface area contributed by atoms with E-state index < -0.39 is 0 Å². The highest BCUT2D eigenvalue weighted by Crippen LogP contribution is 2.17. The van der Waals surface area contributed by atoms with E-state index in [2.05, 4.69) is 13.8 Å². The van der Waals surface area contributed by atoms with Crippen LogP contribution in [0.5, 0.6) is 0 Å². The van der Waals surface area contributed by atoms with Crippen molar-refractivity contribution >= 4 is 13.3 Å². The van der Waals surface area contributed by atoms with Gasteiger partial charge in [-0.3, -0.25) is 0 Å². The molecule has 1 aromatic rings. The quantitative estimate of drug-likeness (QED) is 0.508. The predicted octanol–water partition coefficient (Wildman–Crippen LogP) is 2.02. The van der Waals surface area contributed by atoms with Gasteiger partial charge in [-0.2, -0.15) is 0 Å². The summed E-state index contributed by atoms with van der Waals surface area (Å²) in [6.07, 6.45) is 0. The molecule has 0 saturated carbocycles. The molecule has 1 aromatic carbocycles. The third-order valence-electron chi connectivity index (χ3n) is 2.87. The molecule has 0 amide bonds. The molecule has 0 spiro atoms. The molecule has 12 heavy (non-hydrogen) atoms. The Bertz CT molecular complexity index is 313. The molecule has 0 aliphatic carbocycles. The van der Waals surface area contributed by atoms with Crippen LogP contribution in [0.4, 0.5) is 0 Å². The fraction of sp³-hybridized carbons (Fsp3) is 0.455. The van der Waals surface area contributed by atoms with E-state index in [0.717, 1.165) is 16.6 Å². The van der Waals surface area contributed by atoms with Crippen LogP contribution in [0.2, 0.25) is 0 Å². The molecule has 0 aliphatic rings. The maximum Gasteiger partial charge on any atom is 0.114 e. The van der Waals surface area contributed by atoms with Gasteiger partial charge in [0.1, 0.15) is 7.85 Å². The molecule has 0 saturated heterocycles. The van der Waals surface area contributed by atoms with Crippen molar-refractivity contribution in [3.05, 3.63) is 27.8 Å². The second-order valence-electron chi connectivity index (χ2n) is 3.39. The van der Waals surface area contributed by atoms with Crippen molar-refractivity contribution in [2.75, 3.05) is 0 Å². The van der Waals surface area contributed by atoms with Crippen LogP contribution in [0.3, 0.4) is 0 Å². The highest BCUT2D eigenvalue weighted by molar-refractivity contribution is 6.34. The molecule has 0 heterocycles. The molecule has 0 aromatic heterocycles. The lowest BCUT2D eigenvalue weighted by Crippen LogP contribution is -2.16. The molecular weight excluding hydrogens is 143 g/mol. The van der Waals surface area contributed by atoms with Crippen LogP contribution in [0.1, 0.15) is 29.2 Å². The number of hydrogen-bond donors (Lipinski definition) is 0. The lowest BCUT2D eigenvalue weighted by Gasteiger charge is -2.15. The number of hydrogen-bond acceptors (Lipinski definition) is 0. The SMILES string of the molecule is [2H]Cc1c([B])c(C)c(C)c(C)c1C. The van der Waals surface area contributed by atoms with Gasteiger partial charge >= 0.3 is 0 Å². The van der Waals surface area contributed by atoms with Crippen LogP contribution in [0.25, 0.3) is 0 Å². The molecule has 2 radical (unpaired) electrons. The van der Waals surface area contributed by atoms with E-state index >= 15 is 0 Å². The van der Waals surface area contributed by atoms with Gasteiger partial charge in [-0.15, -0.1) is 0 Å². The maximum absolute atomic E-state index is 7.41. The summed E-state index contributed by atoms with van der Waals surface area (Å²) in [5, 5.41) is 0. The predicted molar refractivity (Wildman–Crippen MR) is 55.5 cm³/mol. The van der Waals surface area contributed by atoms with E-state index in [1.807, 2.05) is 13.8 Å². The summed E-state index contributed by atoms with van der Waals surface area (Å²) < 4.78 is 7.41. The van der Waals surface area contributed by atoms with Gasteiger partial charge in [0, 0.05) is 1.37 Å². The highest BCUT2D eigenvalue weighted by atomic mass is 14.1. The fourth-order valence-electron chi connectivity index (χ4n) is 1.42. The van der Waals surface area contributed by atoms with Crippen molar-refractivity contribution in [2.45, 2.75) is 34.6 Å². The Balaban J connectivity index is 3.56. The minimum absolute atomic E-state index is 0.277. The standard InChI is InChI=1S/C11H15B/c1-6-7(2)9(4)11(12)10(5)8(6)3/h1-5H3/i4D. The Morgan fingerprint density at radius 1 is 0.833 bits per heavy atom. The molecule has 0 atom stereocenters. The fourth-order valence-corrected chi connectivity index (χ4v) is 1.42. The van der Waals surface area contributed by atoms with Crippen molar-refractivity contribution in [1.29, 1.82) is 0 Å². The summed E-state index contributed by atoms with van der Waals surface area (Å²) in [5.74, 6) is 0. The Kier molecular flexibility index (Phi) is 1.96. The van der Waals surface area contributed by atoms with Crippen LogP contribution in [-0.4, -0.2) is 7.85 Å². The van der Waals surface area contributed by atoms with E-state index in [0.29, 0.717) is 0 Å². The molecule has 0 unspecified atom stereocenters. The summed E-state index contributed by atoms with van der Waals surface area (Å²) in [6.45, 7) is 8.52. The maximum atomic E-state index is 7.41. The Hall–Kier alpha value is -0.715. The van der Waals surface area contributed by atoms with Gasteiger partial charge in [0.2, 0.25) is 0 Å². The Morgan fingerprint density at radius 2 is 1.25 bits per heavy atom. The lowest BCUT2D eigenvalue weighted by atomic mass is 9.80. The van der Waals surface area contributed by atoms with E-state index in [1.165, 1.54) is 16.7 Å². The Labute approximate surface area is 77.8 Å². The largest absolute Gasteiger partial charge is 0.114 e. The Morgan fingerprint density at radius 3 is 1.75 bits per heavy atom. The van der Waals surface area contributed by atoms with Crippen LogP contribution in [0, 0.1) is 34.6 Å². The molecule has 0 aliphatic heterocycles. The highest BCUT2D eigenvalue weighted by Gasteiger charge is 2.07. The first-order chi connectivity index (χ1) is 6.00. The van der Waals surface area contributed by atoms with Gasteiger partial charge in [0.15, 0.2) is 0 Å². The third-order valence-corrected chi connectivity index (χ3v) is 2.87. The second-order valence-corrected chi connectivity index (χ2v) is 3.39. The zero-order valence-corrected chi connectivity index (χ0v) is 8.28. The smallest absolute Gasteiger partial charge is 0.0904 e. The first kappa shape index (κ1) is 7.91. The first-order valence-corrected chi connectivity index (χ1v) is 4.14. The topological polar surface area (TPSA) is 0 Å². The van der Waals surface area contributed by atoms with Gasteiger partial charge < -0.3 is 0 Å². The van der Waals surface area contributed by atoms with Crippen LogP contribution >= 0.6 is 0 Å². The van der Waals surface area contributed by atoms with Crippen molar-refractivity contribution in [1.82, 2.24) is 0 Å². The van der Waals surface area contributed by atoms with E-state index in [9.17, 15) is 0 Å². The number of rotatable bonds is 0. The minimum atomic E-state index is 0.277. The van der Waals surface area contributed by atoms with E-state index in [4.69, 9.17) is 9.22 Å². The average Bonchev–Trinajstić information content (AvgIpc) is 2.13. The second kappa shape index (κ2) is 2.97. The first-order valence-electron chi connectivity index (χ1n) is 4.85. The number of benzene rings is 1. The minimum Gasteiger partial charge on any atom is -0.0904 e. The molecule has 62 valence electrons. The van der Waals surface area contributed by atoms with Crippen LogP contribution in [0.15, 0.2) is 0 Å². The van der Waals surface area contributed by atoms with Gasteiger partial charge in [-0.25, -0.2) is 0 Å². The molecule has 1 rings (SSSR count). The van der Waals surface area contributed by atoms with Gasteiger partial charge in [-0.05, 0) is 51.3 Å². The normalized spacial score (nSPS) is 11.5. The molecule has 0 nitrogen and oxygen atoms in total. The monoisotopic (exact) mass is 159 g/mol.